The predicted octanol–water partition coefficient (Wildman–Crippen LogP) is 2.90. The van der Waals surface area contributed by atoms with E-state index in [1.54, 1.807) is 40.3 Å². The van der Waals surface area contributed by atoms with Crippen molar-refractivity contribution >= 4 is 33.6 Å². The van der Waals surface area contributed by atoms with Crippen molar-refractivity contribution in [2.24, 2.45) is 0 Å². The van der Waals surface area contributed by atoms with E-state index in [4.69, 9.17) is 16.6 Å². The number of aromatic nitrogens is 2. The van der Waals surface area contributed by atoms with E-state index in [9.17, 15) is 8.42 Å². The molecule has 1 aliphatic rings. The van der Waals surface area contributed by atoms with Crippen LogP contribution in [-0.4, -0.2) is 53.6 Å². The van der Waals surface area contributed by atoms with Gasteiger partial charge in [0.05, 0.1) is 16.4 Å². The molecule has 1 fully saturated rings. The van der Waals surface area contributed by atoms with Crippen LogP contribution in [0, 0.1) is 4.84 Å². The minimum atomic E-state index is -3.45. The van der Waals surface area contributed by atoms with E-state index in [0.717, 1.165) is 4.88 Å². The molecular formula is C17H18N4O3S3. The zero-order chi connectivity index (χ0) is 18.9. The lowest BCUT2D eigenvalue weighted by Crippen LogP contribution is -2.48. The summed E-state index contributed by atoms with van der Waals surface area (Å²) in [7, 11) is -3.45. The Kier molecular flexibility index (Phi) is 5.24. The molecule has 10 heteroatoms. The second kappa shape index (κ2) is 7.64. The smallest absolute Gasteiger partial charge is 0.288 e. The number of hydrogen-bond acceptors (Lipinski definition) is 7. The van der Waals surface area contributed by atoms with Crippen molar-refractivity contribution in [3.05, 3.63) is 52.7 Å². The van der Waals surface area contributed by atoms with Gasteiger partial charge in [-0.25, -0.2) is 13.1 Å². The zero-order valence-electron chi connectivity index (χ0n) is 14.4. The van der Waals surface area contributed by atoms with Crippen molar-refractivity contribution in [1.82, 2.24) is 19.0 Å². The zero-order valence-corrected chi connectivity index (χ0v) is 16.8. The number of nitrogens with zero attached hydrogens (tertiary/aromatic N) is 4. The SMILES string of the molecule is O=S(=O)(c1ccccc1)N1CCN(Cn2nc(-c3cccs3)oc2=S)CC1. The lowest BCUT2D eigenvalue weighted by Gasteiger charge is -2.33. The first-order valence-electron chi connectivity index (χ1n) is 8.43. The molecule has 0 unspecified atom stereocenters. The highest BCUT2D eigenvalue weighted by Crippen LogP contribution is 2.23. The molecule has 1 aliphatic heterocycles. The molecule has 0 bridgehead atoms. The molecule has 7 nitrogen and oxygen atoms in total. The number of hydrogen-bond donors (Lipinski definition) is 0. The van der Waals surface area contributed by atoms with Crippen LogP contribution < -0.4 is 0 Å². The molecule has 3 heterocycles. The van der Waals surface area contributed by atoms with Gasteiger partial charge in [-0.3, -0.25) is 4.90 Å². The molecule has 0 amide bonds. The Hall–Kier alpha value is -1.85. The summed E-state index contributed by atoms with van der Waals surface area (Å²) in [6, 6.07) is 12.4. The van der Waals surface area contributed by atoms with Gasteiger partial charge in [-0.1, -0.05) is 24.3 Å². The average Bonchev–Trinajstić information content (AvgIpc) is 3.33. The van der Waals surface area contributed by atoms with Crippen LogP contribution in [0.2, 0.25) is 0 Å². The summed E-state index contributed by atoms with van der Waals surface area (Å²) >= 11 is 6.81. The number of sulfonamides is 1. The predicted molar refractivity (Wildman–Crippen MR) is 105 cm³/mol. The Labute approximate surface area is 166 Å². The van der Waals surface area contributed by atoms with E-state index in [1.165, 1.54) is 4.31 Å². The molecule has 0 atom stereocenters. The molecule has 1 saturated heterocycles. The summed E-state index contributed by atoms with van der Waals surface area (Å²) in [6.07, 6.45) is 0. The fraction of sp³-hybridized carbons (Fsp3) is 0.294. The van der Waals surface area contributed by atoms with Crippen LogP contribution in [0.1, 0.15) is 0 Å². The van der Waals surface area contributed by atoms with Gasteiger partial charge in [0.15, 0.2) is 0 Å². The van der Waals surface area contributed by atoms with Crippen molar-refractivity contribution in [3.8, 4) is 10.8 Å². The summed E-state index contributed by atoms with van der Waals surface area (Å²) in [6.45, 7) is 2.55. The maximum absolute atomic E-state index is 12.7. The molecule has 0 N–H and O–H groups in total. The van der Waals surface area contributed by atoms with Crippen molar-refractivity contribution in [2.75, 3.05) is 26.2 Å². The Morgan fingerprint density at radius 1 is 1.07 bits per heavy atom. The Morgan fingerprint density at radius 3 is 2.48 bits per heavy atom. The van der Waals surface area contributed by atoms with E-state index in [2.05, 4.69) is 10.00 Å². The van der Waals surface area contributed by atoms with Crippen molar-refractivity contribution in [1.29, 1.82) is 0 Å². The summed E-state index contributed by atoms with van der Waals surface area (Å²) in [5.74, 6) is 0.514. The molecule has 0 aliphatic carbocycles. The number of rotatable bonds is 5. The van der Waals surface area contributed by atoms with Crippen LogP contribution in [0.15, 0.2) is 57.2 Å². The van der Waals surface area contributed by atoms with Gasteiger partial charge in [0, 0.05) is 26.2 Å². The molecule has 0 spiro atoms. The summed E-state index contributed by atoms with van der Waals surface area (Å²) in [5, 5.41) is 6.40. The minimum Gasteiger partial charge on any atom is -0.408 e. The van der Waals surface area contributed by atoms with Crippen LogP contribution in [0.5, 0.6) is 0 Å². The molecule has 1 aromatic carbocycles. The van der Waals surface area contributed by atoms with Gasteiger partial charge in [-0.05, 0) is 35.8 Å². The van der Waals surface area contributed by atoms with Gasteiger partial charge >= 0.3 is 0 Å². The third kappa shape index (κ3) is 3.90. The minimum absolute atomic E-state index is 0.317. The number of benzene rings is 1. The van der Waals surface area contributed by atoms with Crippen molar-refractivity contribution in [2.45, 2.75) is 11.6 Å². The summed E-state index contributed by atoms with van der Waals surface area (Å²) in [4.78, 5) is 3.70. The highest BCUT2D eigenvalue weighted by Gasteiger charge is 2.28. The first-order chi connectivity index (χ1) is 13.0. The number of thiophene rings is 1. The Bertz CT molecular complexity index is 1050. The Balaban J connectivity index is 1.41. The second-order valence-corrected chi connectivity index (χ2v) is 9.36. The number of piperazine rings is 1. The molecule has 3 aromatic rings. The third-order valence-corrected chi connectivity index (χ3v) is 7.45. The van der Waals surface area contributed by atoms with Crippen LogP contribution in [-0.2, 0) is 16.7 Å². The van der Waals surface area contributed by atoms with Crippen LogP contribution in [0.25, 0.3) is 10.8 Å². The first-order valence-corrected chi connectivity index (χ1v) is 11.2. The van der Waals surface area contributed by atoms with Gasteiger partial charge < -0.3 is 4.42 Å². The van der Waals surface area contributed by atoms with Gasteiger partial charge in [-0.2, -0.15) is 4.31 Å². The van der Waals surface area contributed by atoms with Crippen LogP contribution >= 0.6 is 23.6 Å². The monoisotopic (exact) mass is 422 g/mol. The normalized spacial score (nSPS) is 16.6. The van der Waals surface area contributed by atoms with Crippen LogP contribution in [0.3, 0.4) is 0 Å². The van der Waals surface area contributed by atoms with Crippen molar-refractivity contribution in [3.63, 3.8) is 0 Å². The quantitative estimate of drug-likeness (QED) is 0.589. The van der Waals surface area contributed by atoms with Crippen LogP contribution in [0.4, 0.5) is 0 Å². The fourth-order valence-corrected chi connectivity index (χ4v) is 5.20. The molecule has 27 heavy (non-hydrogen) atoms. The highest BCUT2D eigenvalue weighted by molar-refractivity contribution is 7.89. The van der Waals surface area contributed by atoms with Gasteiger partial charge in [-0.15, -0.1) is 16.4 Å². The molecular weight excluding hydrogens is 404 g/mol. The lowest BCUT2D eigenvalue weighted by molar-refractivity contribution is 0.143. The van der Waals surface area contributed by atoms with Gasteiger partial charge in [0.1, 0.15) is 0 Å². The lowest BCUT2D eigenvalue weighted by atomic mass is 10.4. The van der Waals surface area contributed by atoms with Gasteiger partial charge in [0.25, 0.3) is 10.7 Å². The standard InChI is InChI=1S/C17H18N4O3S3/c22-27(23,14-5-2-1-3-6-14)20-10-8-19(9-11-20)13-21-17(25)24-16(18-21)15-7-4-12-26-15/h1-7,12H,8-11,13H2. The molecule has 0 saturated carbocycles. The second-order valence-electron chi connectivity index (χ2n) is 6.13. The summed E-state index contributed by atoms with van der Waals surface area (Å²) < 4.78 is 34.1. The largest absolute Gasteiger partial charge is 0.408 e. The maximum atomic E-state index is 12.7. The van der Waals surface area contributed by atoms with Gasteiger partial charge in [0.2, 0.25) is 10.0 Å². The molecule has 4 rings (SSSR count). The third-order valence-electron chi connectivity index (χ3n) is 4.38. The van der Waals surface area contributed by atoms with E-state index in [0.29, 0.717) is 48.5 Å². The molecule has 2 aromatic heterocycles. The van der Waals surface area contributed by atoms with E-state index >= 15 is 0 Å². The van der Waals surface area contributed by atoms with E-state index in [-0.39, 0.29) is 0 Å². The Morgan fingerprint density at radius 2 is 1.81 bits per heavy atom. The molecule has 142 valence electrons. The fourth-order valence-electron chi connectivity index (χ4n) is 2.94. The maximum Gasteiger partial charge on any atom is 0.288 e. The van der Waals surface area contributed by atoms with E-state index < -0.39 is 10.0 Å². The highest BCUT2D eigenvalue weighted by atomic mass is 32.2. The van der Waals surface area contributed by atoms with Crippen molar-refractivity contribution < 1.29 is 12.8 Å². The topological polar surface area (TPSA) is 71.6 Å². The van der Waals surface area contributed by atoms with E-state index in [1.807, 2.05) is 23.6 Å². The molecule has 0 radical (unpaired) electrons. The first kappa shape index (κ1) is 18.5. The average molecular weight is 423 g/mol. The summed E-state index contributed by atoms with van der Waals surface area (Å²) in [5.41, 5.74) is 0.